The van der Waals surface area contributed by atoms with Crippen molar-refractivity contribution in [3.63, 3.8) is 0 Å². The molecule has 1 nitrogen and oxygen atoms in total. The Morgan fingerprint density at radius 3 is 2.17 bits per heavy atom. The van der Waals surface area contributed by atoms with E-state index in [2.05, 4.69) is 72.9 Å². The van der Waals surface area contributed by atoms with Gasteiger partial charge in [0.15, 0.2) is 0 Å². The molecule has 0 spiro atoms. The summed E-state index contributed by atoms with van der Waals surface area (Å²) in [7, 11) is 0. The van der Waals surface area contributed by atoms with E-state index in [9.17, 15) is 0 Å². The lowest BCUT2D eigenvalue weighted by Crippen LogP contribution is -2.16. The standard InChI is InChI=1S/C17H21N/c1-15(17-10-6-3-7-11-17)12-13-18-14-16-8-4-2-5-9-16/h2-11,15,18H,12-14H2,1H3. The molecule has 1 N–H and O–H groups in total. The predicted octanol–water partition coefficient (Wildman–Crippen LogP) is 3.97. The lowest BCUT2D eigenvalue weighted by molar-refractivity contribution is 0.594. The van der Waals surface area contributed by atoms with Crippen LogP contribution in [-0.4, -0.2) is 6.54 Å². The summed E-state index contributed by atoms with van der Waals surface area (Å²) < 4.78 is 0. The second-order valence-corrected chi connectivity index (χ2v) is 4.76. The van der Waals surface area contributed by atoms with Crippen LogP contribution in [0.25, 0.3) is 0 Å². The Kier molecular flexibility index (Phi) is 4.98. The van der Waals surface area contributed by atoms with Crippen LogP contribution in [0, 0.1) is 0 Å². The minimum Gasteiger partial charge on any atom is -0.313 e. The predicted molar refractivity (Wildman–Crippen MR) is 77.6 cm³/mol. The molecule has 18 heavy (non-hydrogen) atoms. The number of rotatable bonds is 6. The Balaban J connectivity index is 1.70. The molecule has 0 aliphatic carbocycles. The first-order valence-corrected chi connectivity index (χ1v) is 6.66. The first kappa shape index (κ1) is 12.8. The van der Waals surface area contributed by atoms with E-state index in [1.54, 1.807) is 0 Å². The fourth-order valence-electron chi connectivity index (χ4n) is 2.10. The number of hydrogen-bond donors (Lipinski definition) is 1. The minimum atomic E-state index is 0.620. The normalized spacial score (nSPS) is 12.3. The first-order valence-electron chi connectivity index (χ1n) is 6.66. The highest BCUT2D eigenvalue weighted by atomic mass is 14.8. The highest BCUT2D eigenvalue weighted by Crippen LogP contribution is 2.17. The summed E-state index contributed by atoms with van der Waals surface area (Å²) in [6, 6.07) is 21.3. The van der Waals surface area contributed by atoms with Gasteiger partial charge in [-0.15, -0.1) is 0 Å². The quantitative estimate of drug-likeness (QED) is 0.752. The maximum atomic E-state index is 3.50. The van der Waals surface area contributed by atoms with E-state index in [1.807, 2.05) is 0 Å². The molecule has 2 rings (SSSR count). The van der Waals surface area contributed by atoms with Gasteiger partial charge in [0.1, 0.15) is 0 Å². The van der Waals surface area contributed by atoms with Crippen LogP contribution in [0.1, 0.15) is 30.4 Å². The molecular formula is C17H21N. The maximum absolute atomic E-state index is 3.50. The lowest BCUT2D eigenvalue weighted by Gasteiger charge is -2.12. The first-order chi connectivity index (χ1) is 8.86. The zero-order valence-electron chi connectivity index (χ0n) is 11.0. The van der Waals surface area contributed by atoms with Crippen LogP contribution in [0.2, 0.25) is 0 Å². The molecule has 0 aliphatic heterocycles. The smallest absolute Gasteiger partial charge is 0.0205 e. The molecule has 94 valence electrons. The van der Waals surface area contributed by atoms with Crippen molar-refractivity contribution < 1.29 is 0 Å². The molecule has 0 saturated heterocycles. The van der Waals surface area contributed by atoms with Gasteiger partial charge in [0, 0.05) is 6.54 Å². The number of hydrogen-bond acceptors (Lipinski definition) is 1. The molecule has 0 amide bonds. The number of nitrogens with one attached hydrogen (secondary N) is 1. The van der Waals surface area contributed by atoms with Crippen LogP contribution < -0.4 is 5.32 Å². The van der Waals surface area contributed by atoms with Gasteiger partial charge in [-0.1, -0.05) is 67.6 Å². The third-order valence-electron chi connectivity index (χ3n) is 3.29. The van der Waals surface area contributed by atoms with E-state index in [1.165, 1.54) is 17.5 Å². The maximum Gasteiger partial charge on any atom is 0.0205 e. The van der Waals surface area contributed by atoms with Crippen molar-refractivity contribution in [3.8, 4) is 0 Å². The fourth-order valence-corrected chi connectivity index (χ4v) is 2.10. The van der Waals surface area contributed by atoms with Gasteiger partial charge in [0.25, 0.3) is 0 Å². The molecule has 1 atom stereocenters. The molecular weight excluding hydrogens is 218 g/mol. The molecule has 0 aromatic heterocycles. The largest absolute Gasteiger partial charge is 0.313 e. The summed E-state index contributed by atoms with van der Waals surface area (Å²) in [5.41, 5.74) is 2.78. The molecule has 0 aliphatic rings. The van der Waals surface area contributed by atoms with E-state index >= 15 is 0 Å². The molecule has 2 aromatic rings. The molecule has 0 saturated carbocycles. The Morgan fingerprint density at radius 1 is 0.889 bits per heavy atom. The van der Waals surface area contributed by atoms with Crippen molar-refractivity contribution in [1.82, 2.24) is 5.32 Å². The van der Waals surface area contributed by atoms with E-state index in [-0.39, 0.29) is 0 Å². The van der Waals surface area contributed by atoms with Crippen LogP contribution in [-0.2, 0) is 6.54 Å². The highest BCUT2D eigenvalue weighted by Gasteiger charge is 2.03. The summed E-state index contributed by atoms with van der Waals surface area (Å²) >= 11 is 0. The van der Waals surface area contributed by atoms with Crippen molar-refractivity contribution in [2.45, 2.75) is 25.8 Å². The average Bonchev–Trinajstić information content (AvgIpc) is 2.45. The second-order valence-electron chi connectivity index (χ2n) is 4.76. The topological polar surface area (TPSA) is 12.0 Å². The van der Waals surface area contributed by atoms with Gasteiger partial charge in [0.2, 0.25) is 0 Å². The molecule has 0 fully saturated rings. The van der Waals surface area contributed by atoms with Crippen molar-refractivity contribution >= 4 is 0 Å². The third-order valence-corrected chi connectivity index (χ3v) is 3.29. The Bertz CT molecular complexity index is 436. The summed E-state index contributed by atoms with van der Waals surface area (Å²) in [6.07, 6.45) is 1.18. The summed E-state index contributed by atoms with van der Waals surface area (Å²) in [4.78, 5) is 0. The lowest BCUT2D eigenvalue weighted by atomic mass is 9.98. The summed E-state index contributed by atoms with van der Waals surface area (Å²) in [5.74, 6) is 0.620. The van der Waals surface area contributed by atoms with E-state index in [0.717, 1.165) is 13.1 Å². The van der Waals surface area contributed by atoms with Gasteiger partial charge in [-0.05, 0) is 30.0 Å². The Morgan fingerprint density at radius 2 is 1.50 bits per heavy atom. The van der Waals surface area contributed by atoms with Crippen molar-refractivity contribution in [2.75, 3.05) is 6.54 Å². The van der Waals surface area contributed by atoms with E-state index in [0.29, 0.717) is 5.92 Å². The molecule has 0 heterocycles. The van der Waals surface area contributed by atoms with Gasteiger partial charge >= 0.3 is 0 Å². The molecule has 1 heteroatoms. The zero-order chi connectivity index (χ0) is 12.6. The average molecular weight is 239 g/mol. The van der Waals surface area contributed by atoms with Gasteiger partial charge in [-0.25, -0.2) is 0 Å². The molecule has 0 radical (unpaired) electrons. The second kappa shape index (κ2) is 6.97. The zero-order valence-corrected chi connectivity index (χ0v) is 11.0. The highest BCUT2D eigenvalue weighted by molar-refractivity contribution is 5.18. The Hall–Kier alpha value is -1.60. The SMILES string of the molecule is CC(CCNCc1ccccc1)c1ccccc1. The van der Waals surface area contributed by atoms with Crippen molar-refractivity contribution in [1.29, 1.82) is 0 Å². The van der Waals surface area contributed by atoms with Crippen LogP contribution in [0.5, 0.6) is 0 Å². The van der Waals surface area contributed by atoms with Crippen LogP contribution in [0.3, 0.4) is 0 Å². The summed E-state index contributed by atoms with van der Waals surface area (Å²) in [5, 5.41) is 3.50. The van der Waals surface area contributed by atoms with Crippen LogP contribution >= 0.6 is 0 Å². The Labute approximate surface area is 110 Å². The van der Waals surface area contributed by atoms with Crippen molar-refractivity contribution in [3.05, 3.63) is 71.8 Å². The van der Waals surface area contributed by atoms with Crippen LogP contribution in [0.15, 0.2) is 60.7 Å². The van der Waals surface area contributed by atoms with Gasteiger partial charge in [-0.2, -0.15) is 0 Å². The minimum absolute atomic E-state index is 0.620. The fraction of sp³-hybridized carbons (Fsp3) is 0.294. The van der Waals surface area contributed by atoms with Gasteiger partial charge < -0.3 is 5.32 Å². The number of benzene rings is 2. The van der Waals surface area contributed by atoms with Gasteiger partial charge in [-0.3, -0.25) is 0 Å². The van der Waals surface area contributed by atoms with E-state index < -0.39 is 0 Å². The van der Waals surface area contributed by atoms with E-state index in [4.69, 9.17) is 0 Å². The van der Waals surface area contributed by atoms with Gasteiger partial charge in [0.05, 0.1) is 0 Å². The third kappa shape index (κ3) is 4.01. The van der Waals surface area contributed by atoms with Crippen molar-refractivity contribution in [2.24, 2.45) is 0 Å². The monoisotopic (exact) mass is 239 g/mol. The molecule has 2 aromatic carbocycles. The molecule has 0 bridgehead atoms. The summed E-state index contributed by atoms with van der Waals surface area (Å²) in [6.45, 7) is 4.31. The van der Waals surface area contributed by atoms with Crippen LogP contribution in [0.4, 0.5) is 0 Å². The molecule has 1 unspecified atom stereocenters.